The number of carbonyl (C=O) groups is 3. The first-order chi connectivity index (χ1) is 12.2. The SMILES string of the molecule is C=C1C(=O)O[C@H]2[C@H]1[C@H](OC(=O)CC(C)C)C/C(C=O)=C\CC[C@@]1(C)O[C@@H]21. The third kappa shape index (κ3) is 3.61. The zero-order chi connectivity index (χ0) is 19.1. The molecule has 1 aliphatic carbocycles. The first-order valence-corrected chi connectivity index (χ1v) is 9.16. The lowest BCUT2D eigenvalue weighted by molar-refractivity contribution is -0.154. The smallest absolute Gasteiger partial charge is 0.334 e. The second-order valence-corrected chi connectivity index (χ2v) is 8.04. The molecule has 26 heavy (non-hydrogen) atoms. The highest BCUT2D eigenvalue weighted by Gasteiger charge is 2.63. The lowest BCUT2D eigenvalue weighted by atomic mass is 9.82. The van der Waals surface area contributed by atoms with E-state index in [4.69, 9.17) is 14.2 Å². The largest absolute Gasteiger partial charge is 0.461 e. The normalized spacial score (nSPS) is 38.5. The highest BCUT2D eigenvalue weighted by Crippen LogP contribution is 2.50. The Bertz CT molecular complexity index is 663. The molecule has 6 heteroatoms. The van der Waals surface area contributed by atoms with Crippen LogP contribution in [0.2, 0.25) is 0 Å². The van der Waals surface area contributed by atoms with E-state index in [1.807, 2.05) is 26.8 Å². The van der Waals surface area contributed by atoms with Crippen molar-refractivity contribution < 1.29 is 28.6 Å². The monoisotopic (exact) mass is 362 g/mol. The number of ether oxygens (including phenoxy) is 3. The summed E-state index contributed by atoms with van der Waals surface area (Å²) in [6.45, 7) is 9.69. The zero-order valence-electron chi connectivity index (χ0n) is 15.5. The van der Waals surface area contributed by atoms with Gasteiger partial charge in [-0.2, -0.15) is 0 Å². The summed E-state index contributed by atoms with van der Waals surface area (Å²) in [7, 11) is 0. The average molecular weight is 362 g/mol. The van der Waals surface area contributed by atoms with Crippen molar-refractivity contribution in [3.63, 3.8) is 0 Å². The molecule has 2 aliphatic heterocycles. The highest BCUT2D eigenvalue weighted by atomic mass is 16.6. The number of epoxide rings is 1. The molecule has 5 atom stereocenters. The van der Waals surface area contributed by atoms with E-state index in [1.54, 1.807) is 0 Å². The Morgan fingerprint density at radius 1 is 1.50 bits per heavy atom. The number of rotatable bonds is 4. The number of aldehydes is 1. The molecule has 0 amide bonds. The molecule has 3 rings (SSSR count). The number of hydrogen-bond acceptors (Lipinski definition) is 6. The van der Waals surface area contributed by atoms with Crippen LogP contribution in [0.1, 0.15) is 46.5 Å². The van der Waals surface area contributed by atoms with Crippen LogP contribution in [0.5, 0.6) is 0 Å². The Balaban J connectivity index is 1.92. The molecule has 3 aliphatic rings. The Morgan fingerprint density at radius 3 is 2.88 bits per heavy atom. The van der Waals surface area contributed by atoms with Gasteiger partial charge in [0.15, 0.2) is 0 Å². The van der Waals surface area contributed by atoms with Crippen molar-refractivity contribution in [1.29, 1.82) is 0 Å². The van der Waals surface area contributed by atoms with Gasteiger partial charge in [0.1, 0.15) is 24.6 Å². The Kier molecular flexibility index (Phi) is 5.06. The summed E-state index contributed by atoms with van der Waals surface area (Å²) in [5.41, 5.74) is 0.435. The summed E-state index contributed by atoms with van der Waals surface area (Å²) in [6.07, 6.45) is 3.12. The number of carbonyl (C=O) groups excluding carboxylic acids is 3. The van der Waals surface area contributed by atoms with Gasteiger partial charge in [0.25, 0.3) is 0 Å². The predicted octanol–water partition coefficient (Wildman–Crippen LogP) is 2.51. The fourth-order valence-electron chi connectivity index (χ4n) is 3.91. The van der Waals surface area contributed by atoms with Crippen molar-refractivity contribution in [3.8, 4) is 0 Å². The van der Waals surface area contributed by atoms with E-state index in [-0.39, 0.29) is 36.4 Å². The van der Waals surface area contributed by atoms with E-state index in [1.165, 1.54) is 0 Å². The van der Waals surface area contributed by atoms with Crippen molar-refractivity contribution in [1.82, 2.24) is 0 Å². The second-order valence-electron chi connectivity index (χ2n) is 8.04. The maximum Gasteiger partial charge on any atom is 0.334 e. The first-order valence-electron chi connectivity index (χ1n) is 9.16. The van der Waals surface area contributed by atoms with Crippen LogP contribution in [0.4, 0.5) is 0 Å². The second kappa shape index (κ2) is 6.99. The number of esters is 2. The van der Waals surface area contributed by atoms with Crippen molar-refractivity contribution in [2.24, 2.45) is 11.8 Å². The van der Waals surface area contributed by atoms with E-state index in [2.05, 4.69) is 6.58 Å². The summed E-state index contributed by atoms with van der Waals surface area (Å²) in [4.78, 5) is 35.9. The minimum absolute atomic E-state index is 0.152. The minimum atomic E-state index is -0.673. The maximum absolute atomic E-state index is 12.3. The number of fused-ring (bicyclic) bond motifs is 3. The van der Waals surface area contributed by atoms with Gasteiger partial charge in [-0.25, -0.2) is 4.79 Å². The fraction of sp³-hybridized carbons (Fsp3) is 0.650. The van der Waals surface area contributed by atoms with Gasteiger partial charge in [0.05, 0.1) is 11.5 Å². The van der Waals surface area contributed by atoms with Gasteiger partial charge in [-0.15, -0.1) is 0 Å². The summed E-state index contributed by atoms with van der Waals surface area (Å²) < 4.78 is 17.1. The van der Waals surface area contributed by atoms with Crippen LogP contribution in [-0.2, 0) is 28.6 Å². The molecule has 2 heterocycles. The molecule has 0 radical (unpaired) electrons. The minimum Gasteiger partial charge on any atom is -0.461 e. The molecular weight excluding hydrogens is 336 g/mol. The van der Waals surface area contributed by atoms with Crippen LogP contribution >= 0.6 is 0 Å². The third-order valence-electron chi connectivity index (χ3n) is 5.39. The van der Waals surface area contributed by atoms with Crippen molar-refractivity contribution in [2.45, 2.75) is 70.4 Å². The standard InChI is InChI=1S/C20H26O6/c1-11(2)8-15(22)24-14-9-13(10-21)6-5-7-20(4)18(26-20)17-16(14)12(3)19(23)25-17/h6,10-11,14,16-18H,3,5,7-9H2,1-2,4H3/b13-6+/t14-,16-,17+,18+,20-/m1/s1. The molecule has 0 unspecified atom stereocenters. The van der Waals surface area contributed by atoms with Crippen LogP contribution in [-0.4, -0.2) is 42.1 Å². The van der Waals surface area contributed by atoms with E-state index in [0.717, 1.165) is 12.7 Å². The molecule has 0 N–H and O–H groups in total. The van der Waals surface area contributed by atoms with E-state index in [0.29, 0.717) is 12.0 Å². The predicted molar refractivity (Wildman–Crippen MR) is 93.1 cm³/mol. The maximum atomic E-state index is 12.3. The molecule has 2 fully saturated rings. The Morgan fingerprint density at radius 2 is 2.23 bits per heavy atom. The number of hydrogen-bond donors (Lipinski definition) is 0. The quantitative estimate of drug-likeness (QED) is 0.331. The van der Waals surface area contributed by atoms with E-state index >= 15 is 0 Å². The molecule has 142 valence electrons. The van der Waals surface area contributed by atoms with E-state index < -0.39 is 29.7 Å². The lowest BCUT2D eigenvalue weighted by Crippen LogP contribution is -2.38. The zero-order valence-corrected chi connectivity index (χ0v) is 15.5. The van der Waals surface area contributed by atoms with Gasteiger partial charge >= 0.3 is 11.9 Å². The highest BCUT2D eigenvalue weighted by molar-refractivity contribution is 5.91. The van der Waals surface area contributed by atoms with Gasteiger partial charge in [-0.3, -0.25) is 9.59 Å². The van der Waals surface area contributed by atoms with Crippen molar-refractivity contribution in [2.75, 3.05) is 0 Å². The molecule has 0 saturated carbocycles. The van der Waals surface area contributed by atoms with Crippen LogP contribution in [0.25, 0.3) is 0 Å². The molecule has 0 aromatic rings. The van der Waals surface area contributed by atoms with Gasteiger partial charge in [0.2, 0.25) is 0 Å². The van der Waals surface area contributed by atoms with Gasteiger partial charge in [0, 0.05) is 18.4 Å². The number of allylic oxidation sites excluding steroid dienone is 1. The van der Waals surface area contributed by atoms with Crippen LogP contribution < -0.4 is 0 Å². The van der Waals surface area contributed by atoms with Gasteiger partial charge in [-0.05, 0) is 31.3 Å². The van der Waals surface area contributed by atoms with Crippen LogP contribution in [0.3, 0.4) is 0 Å². The van der Waals surface area contributed by atoms with Gasteiger partial charge < -0.3 is 14.2 Å². The fourth-order valence-corrected chi connectivity index (χ4v) is 3.91. The Hall–Kier alpha value is -1.95. The molecule has 0 bridgehead atoms. The van der Waals surface area contributed by atoms with Crippen molar-refractivity contribution in [3.05, 3.63) is 23.8 Å². The molecule has 2 saturated heterocycles. The third-order valence-corrected chi connectivity index (χ3v) is 5.39. The summed E-state index contributed by atoms with van der Waals surface area (Å²) in [6, 6.07) is 0. The van der Waals surface area contributed by atoms with E-state index in [9.17, 15) is 14.4 Å². The van der Waals surface area contributed by atoms with Gasteiger partial charge in [-0.1, -0.05) is 26.5 Å². The summed E-state index contributed by atoms with van der Waals surface area (Å²) in [5, 5.41) is 0. The van der Waals surface area contributed by atoms with Crippen LogP contribution in [0.15, 0.2) is 23.8 Å². The van der Waals surface area contributed by atoms with Crippen LogP contribution in [0, 0.1) is 11.8 Å². The Labute approximate surface area is 153 Å². The lowest BCUT2D eigenvalue weighted by Gasteiger charge is -2.28. The molecule has 0 aromatic carbocycles. The molecule has 0 aromatic heterocycles. The van der Waals surface area contributed by atoms with Crippen molar-refractivity contribution >= 4 is 18.2 Å². The summed E-state index contributed by atoms with van der Waals surface area (Å²) in [5.74, 6) is -1.19. The molecular formula is C20H26O6. The molecule has 0 spiro atoms. The first kappa shape index (κ1) is 18.8. The average Bonchev–Trinajstić information content (AvgIpc) is 3.13. The summed E-state index contributed by atoms with van der Waals surface area (Å²) >= 11 is 0. The topological polar surface area (TPSA) is 82.2 Å². The molecule has 6 nitrogen and oxygen atoms in total.